The Hall–Kier alpha value is -1.05. The smallest absolute Gasteiger partial charge is 0.250 e. The Labute approximate surface area is 79.2 Å². The number of nitrogens with zero attached hydrogens (tertiary/aromatic N) is 1. The molecule has 0 saturated carbocycles. The van der Waals surface area contributed by atoms with Crippen molar-refractivity contribution >= 4 is 0 Å². The average molecular weight is 179 g/mol. The van der Waals surface area contributed by atoms with E-state index in [0.29, 0.717) is 12.0 Å². The number of hydrogen-bond donors (Lipinski definition) is 0. The van der Waals surface area contributed by atoms with Crippen LogP contribution in [0.3, 0.4) is 0 Å². The lowest BCUT2D eigenvalue weighted by atomic mass is 10.1. The molecule has 0 fully saturated rings. The van der Waals surface area contributed by atoms with Gasteiger partial charge in [-0.15, -0.1) is 0 Å². The maximum Gasteiger partial charge on any atom is 0.250 e. The molecule has 1 aromatic rings. The first-order valence-corrected chi connectivity index (χ1v) is 4.78. The molecular formula is C11H17NO. The fraction of sp³-hybridized carbons (Fsp3) is 0.545. The van der Waals surface area contributed by atoms with E-state index in [1.807, 2.05) is 12.3 Å². The molecule has 0 bridgehead atoms. The molecule has 0 aliphatic rings. The van der Waals surface area contributed by atoms with Crippen LogP contribution < -0.4 is 5.56 Å². The zero-order valence-corrected chi connectivity index (χ0v) is 8.53. The van der Waals surface area contributed by atoms with Crippen LogP contribution in [-0.2, 0) is 0 Å². The summed E-state index contributed by atoms with van der Waals surface area (Å²) in [6, 6.07) is 5.59. The first kappa shape index (κ1) is 10.0. The third-order valence-corrected chi connectivity index (χ3v) is 2.14. The molecule has 1 unspecified atom stereocenters. The van der Waals surface area contributed by atoms with Gasteiger partial charge in [-0.25, -0.2) is 0 Å². The summed E-state index contributed by atoms with van der Waals surface area (Å²) in [5.41, 5.74) is 0.0932. The minimum absolute atomic E-state index is 0.0932. The van der Waals surface area contributed by atoms with Gasteiger partial charge in [0.1, 0.15) is 0 Å². The summed E-state index contributed by atoms with van der Waals surface area (Å²) < 4.78 is 1.79. The highest BCUT2D eigenvalue weighted by Crippen LogP contribution is 2.13. The highest BCUT2D eigenvalue weighted by Gasteiger charge is 2.07. The second-order valence-corrected chi connectivity index (χ2v) is 3.92. The van der Waals surface area contributed by atoms with E-state index < -0.39 is 0 Å². The Morgan fingerprint density at radius 1 is 1.31 bits per heavy atom. The molecule has 0 N–H and O–H groups in total. The van der Waals surface area contributed by atoms with Gasteiger partial charge in [-0.05, 0) is 25.3 Å². The van der Waals surface area contributed by atoms with E-state index in [-0.39, 0.29) is 5.56 Å². The van der Waals surface area contributed by atoms with Crippen molar-refractivity contribution in [1.82, 2.24) is 4.57 Å². The Kier molecular flexibility index (Phi) is 3.29. The van der Waals surface area contributed by atoms with Crippen LogP contribution in [0.4, 0.5) is 0 Å². The standard InChI is InChI=1S/C11H17NO/c1-9(2)8-10(3)12-7-5-4-6-11(12)13/h4-7,9-10H,8H2,1-3H3. The largest absolute Gasteiger partial charge is 0.313 e. The number of aromatic nitrogens is 1. The number of pyridine rings is 1. The normalized spacial score (nSPS) is 13.2. The molecule has 72 valence electrons. The first-order valence-electron chi connectivity index (χ1n) is 4.78. The summed E-state index contributed by atoms with van der Waals surface area (Å²) >= 11 is 0. The second kappa shape index (κ2) is 4.26. The molecule has 1 atom stereocenters. The van der Waals surface area contributed by atoms with Crippen molar-refractivity contribution in [3.8, 4) is 0 Å². The summed E-state index contributed by atoms with van der Waals surface area (Å²) in [6.07, 6.45) is 2.90. The highest BCUT2D eigenvalue weighted by atomic mass is 16.1. The molecular weight excluding hydrogens is 162 g/mol. The molecule has 1 aromatic heterocycles. The summed E-state index contributed by atoms with van der Waals surface area (Å²) in [5, 5.41) is 0. The van der Waals surface area contributed by atoms with Crippen LogP contribution in [0.15, 0.2) is 29.2 Å². The minimum atomic E-state index is 0.0932. The molecule has 0 aliphatic heterocycles. The van der Waals surface area contributed by atoms with Crippen LogP contribution in [0.2, 0.25) is 0 Å². The zero-order valence-electron chi connectivity index (χ0n) is 8.53. The van der Waals surface area contributed by atoms with Crippen LogP contribution in [0.5, 0.6) is 0 Å². The molecule has 0 spiro atoms. The monoisotopic (exact) mass is 179 g/mol. The van der Waals surface area contributed by atoms with Gasteiger partial charge in [0.05, 0.1) is 0 Å². The van der Waals surface area contributed by atoms with Crippen LogP contribution in [0, 0.1) is 5.92 Å². The van der Waals surface area contributed by atoms with Crippen LogP contribution in [0.1, 0.15) is 33.2 Å². The van der Waals surface area contributed by atoms with E-state index in [2.05, 4.69) is 20.8 Å². The minimum Gasteiger partial charge on any atom is -0.313 e. The molecule has 2 nitrogen and oxygen atoms in total. The quantitative estimate of drug-likeness (QED) is 0.698. The SMILES string of the molecule is CC(C)CC(C)n1ccccc1=O. The lowest BCUT2D eigenvalue weighted by molar-refractivity contribution is 0.419. The maximum absolute atomic E-state index is 11.4. The molecule has 0 amide bonds. The summed E-state index contributed by atoms with van der Waals surface area (Å²) in [5.74, 6) is 0.627. The summed E-state index contributed by atoms with van der Waals surface area (Å²) in [4.78, 5) is 11.4. The topological polar surface area (TPSA) is 22.0 Å². The van der Waals surface area contributed by atoms with Gasteiger partial charge >= 0.3 is 0 Å². The van der Waals surface area contributed by atoms with Gasteiger partial charge in [0, 0.05) is 18.3 Å². The number of rotatable bonds is 3. The van der Waals surface area contributed by atoms with Gasteiger partial charge in [0.15, 0.2) is 0 Å². The molecule has 13 heavy (non-hydrogen) atoms. The van der Waals surface area contributed by atoms with E-state index in [4.69, 9.17) is 0 Å². The molecule has 1 rings (SSSR count). The van der Waals surface area contributed by atoms with E-state index >= 15 is 0 Å². The van der Waals surface area contributed by atoms with Crippen molar-refractivity contribution in [2.24, 2.45) is 5.92 Å². The van der Waals surface area contributed by atoms with Crippen molar-refractivity contribution in [2.75, 3.05) is 0 Å². The molecule has 0 radical (unpaired) electrons. The Bertz CT molecular complexity index is 314. The first-order chi connectivity index (χ1) is 6.11. The van der Waals surface area contributed by atoms with E-state index in [9.17, 15) is 4.79 Å². The average Bonchev–Trinajstić information content (AvgIpc) is 2.03. The van der Waals surface area contributed by atoms with Gasteiger partial charge in [0.25, 0.3) is 5.56 Å². The molecule has 0 aromatic carbocycles. The van der Waals surface area contributed by atoms with Crippen LogP contribution in [0.25, 0.3) is 0 Å². The van der Waals surface area contributed by atoms with Gasteiger partial charge in [-0.3, -0.25) is 4.79 Å². The van der Waals surface area contributed by atoms with Crippen LogP contribution >= 0.6 is 0 Å². The summed E-state index contributed by atoms with van der Waals surface area (Å²) in [7, 11) is 0. The Morgan fingerprint density at radius 3 is 2.54 bits per heavy atom. The van der Waals surface area contributed by atoms with E-state index in [0.717, 1.165) is 6.42 Å². The van der Waals surface area contributed by atoms with Crippen molar-refractivity contribution in [3.05, 3.63) is 34.7 Å². The van der Waals surface area contributed by atoms with Crippen molar-refractivity contribution in [3.63, 3.8) is 0 Å². The highest BCUT2D eigenvalue weighted by molar-refractivity contribution is 4.94. The predicted octanol–water partition coefficient (Wildman–Crippen LogP) is 2.46. The molecule has 0 saturated heterocycles. The van der Waals surface area contributed by atoms with Gasteiger partial charge in [-0.1, -0.05) is 19.9 Å². The lowest BCUT2D eigenvalue weighted by Crippen LogP contribution is -2.22. The van der Waals surface area contributed by atoms with Crippen LogP contribution in [-0.4, -0.2) is 4.57 Å². The van der Waals surface area contributed by atoms with Crippen molar-refractivity contribution < 1.29 is 0 Å². The Morgan fingerprint density at radius 2 is 2.00 bits per heavy atom. The van der Waals surface area contributed by atoms with Crippen molar-refractivity contribution in [1.29, 1.82) is 0 Å². The van der Waals surface area contributed by atoms with Gasteiger partial charge in [0.2, 0.25) is 0 Å². The third-order valence-electron chi connectivity index (χ3n) is 2.14. The fourth-order valence-corrected chi connectivity index (χ4v) is 1.60. The van der Waals surface area contributed by atoms with E-state index in [1.165, 1.54) is 0 Å². The fourth-order valence-electron chi connectivity index (χ4n) is 1.60. The van der Waals surface area contributed by atoms with Gasteiger partial charge in [-0.2, -0.15) is 0 Å². The van der Waals surface area contributed by atoms with Gasteiger partial charge < -0.3 is 4.57 Å². The number of hydrogen-bond acceptors (Lipinski definition) is 1. The second-order valence-electron chi connectivity index (χ2n) is 3.92. The van der Waals surface area contributed by atoms with Crippen molar-refractivity contribution in [2.45, 2.75) is 33.2 Å². The molecule has 0 aliphatic carbocycles. The van der Waals surface area contributed by atoms with E-state index in [1.54, 1.807) is 16.7 Å². The summed E-state index contributed by atoms with van der Waals surface area (Å²) in [6.45, 7) is 6.43. The zero-order chi connectivity index (χ0) is 9.84. The maximum atomic E-state index is 11.4. The molecule has 2 heteroatoms. The Balaban J connectivity index is 2.83. The predicted molar refractivity (Wildman–Crippen MR) is 54.9 cm³/mol. The lowest BCUT2D eigenvalue weighted by Gasteiger charge is -2.16. The third kappa shape index (κ3) is 2.72. The molecule has 1 heterocycles.